The van der Waals surface area contributed by atoms with Crippen molar-refractivity contribution in [3.63, 3.8) is 0 Å². The zero-order valence-electron chi connectivity index (χ0n) is 15.4. The highest BCUT2D eigenvalue weighted by molar-refractivity contribution is 5.91. The van der Waals surface area contributed by atoms with Gasteiger partial charge in [0, 0.05) is 12.1 Å². The number of aromatic hydroxyl groups is 1. The number of phenols is 1. The predicted molar refractivity (Wildman–Crippen MR) is 98.8 cm³/mol. The van der Waals surface area contributed by atoms with Crippen molar-refractivity contribution in [2.24, 2.45) is 0 Å². The molecule has 0 radical (unpaired) electrons. The smallest absolute Gasteiger partial charge is 0.343 e. The molecule has 0 saturated carbocycles. The van der Waals surface area contributed by atoms with Crippen LogP contribution in [0.25, 0.3) is 0 Å². The minimum absolute atomic E-state index is 0.0329. The molecular weight excluding hydrogens is 334 g/mol. The second-order valence-corrected chi connectivity index (χ2v) is 6.99. The molecule has 0 heterocycles. The second kappa shape index (κ2) is 8.21. The number of carbonyl (C=O) groups excluding carboxylic acids is 1. The Labute approximate surface area is 153 Å². The monoisotopic (exact) mass is 359 g/mol. The van der Waals surface area contributed by atoms with Gasteiger partial charge in [-0.05, 0) is 62.7 Å². The number of benzene rings is 2. The van der Waals surface area contributed by atoms with E-state index >= 15 is 0 Å². The number of β-amino-alcohol motifs (C(OH)–C–C–N with tert-alkyl or cyclic N) is 1. The Morgan fingerprint density at radius 2 is 1.81 bits per heavy atom. The van der Waals surface area contributed by atoms with E-state index in [1.54, 1.807) is 37.4 Å². The lowest BCUT2D eigenvalue weighted by Crippen LogP contribution is -2.38. The number of nitrogens with one attached hydrogen (secondary N) is 1. The third-order valence-corrected chi connectivity index (χ3v) is 3.72. The van der Waals surface area contributed by atoms with Crippen molar-refractivity contribution in [3.05, 3.63) is 53.6 Å². The number of phenolic OH excluding ortho intramolecular Hbond substituents is 1. The normalized spacial score (nSPS) is 12.5. The van der Waals surface area contributed by atoms with Gasteiger partial charge in [0.15, 0.2) is 11.5 Å². The first-order valence-corrected chi connectivity index (χ1v) is 8.32. The summed E-state index contributed by atoms with van der Waals surface area (Å²) in [5.41, 5.74) is 0.740. The van der Waals surface area contributed by atoms with Crippen LogP contribution in [0.5, 0.6) is 17.2 Å². The maximum Gasteiger partial charge on any atom is 0.343 e. The van der Waals surface area contributed by atoms with Crippen molar-refractivity contribution < 1.29 is 24.5 Å². The van der Waals surface area contributed by atoms with Gasteiger partial charge in [-0.1, -0.05) is 6.07 Å². The number of rotatable bonds is 6. The van der Waals surface area contributed by atoms with Crippen molar-refractivity contribution >= 4 is 5.97 Å². The van der Waals surface area contributed by atoms with Gasteiger partial charge < -0.3 is 25.0 Å². The Bertz CT molecular complexity index is 750. The Balaban J connectivity index is 2.05. The maximum absolute atomic E-state index is 12.2. The molecule has 2 aromatic rings. The van der Waals surface area contributed by atoms with Gasteiger partial charge in [-0.2, -0.15) is 0 Å². The number of methoxy groups -OCH3 is 1. The van der Waals surface area contributed by atoms with Crippen molar-refractivity contribution in [1.29, 1.82) is 0 Å². The summed E-state index contributed by atoms with van der Waals surface area (Å²) in [7, 11) is 1.54. The predicted octanol–water partition coefficient (Wildman–Crippen LogP) is 3.04. The van der Waals surface area contributed by atoms with Gasteiger partial charge >= 0.3 is 5.97 Å². The summed E-state index contributed by atoms with van der Waals surface area (Å²) in [6.45, 7) is 6.34. The summed E-state index contributed by atoms with van der Waals surface area (Å²) < 4.78 is 10.3. The summed E-state index contributed by atoms with van der Waals surface area (Å²) in [6, 6.07) is 10.9. The quantitative estimate of drug-likeness (QED) is 0.543. The summed E-state index contributed by atoms with van der Waals surface area (Å²) in [5, 5.41) is 23.5. The summed E-state index contributed by atoms with van der Waals surface area (Å²) in [4.78, 5) is 12.2. The molecule has 0 unspecified atom stereocenters. The van der Waals surface area contributed by atoms with Gasteiger partial charge in [0.25, 0.3) is 0 Å². The number of aliphatic hydroxyl groups is 1. The molecule has 0 aliphatic carbocycles. The van der Waals surface area contributed by atoms with E-state index in [0.717, 1.165) is 0 Å². The standard InChI is InChI=1S/C20H25NO5/c1-20(2,3)21-12-17(23)14-7-10-18(16(22)11-14)26-19(24)13-5-8-15(25-4)9-6-13/h5-11,17,21-23H,12H2,1-4H3/t17-/m0/s1. The molecule has 0 aliphatic rings. The Hall–Kier alpha value is -2.57. The number of ether oxygens (including phenoxy) is 2. The summed E-state index contributed by atoms with van der Waals surface area (Å²) in [5.74, 6) is -0.137. The summed E-state index contributed by atoms with van der Waals surface area (Å²) >= 11 is 0. The number of esters is 1. The third kappa shape index (κ3) is 5.47. The molecule has 1 atom stereocenters. The van der Waals surface area contributed by atoms with E-state index in [2.05, 4.69) is 5.32 Å². The highest BCUT2D eigenvalue weighted by atomic mass is 16.5. The van der Waals surface area contributed by atoms with Crippen LogP contribution in [0.3, 0.4) is 0 Å². The van der Waals surface area contributed by atoms with Crippen molar-refractivity contribution in [3.8, 4) is 17.2 Å². The van der Waals surface area contributed by atoms with E-state index < -0.39 is 12.1 Å². The zero-order chi connectivity index (χ0) is 19.3. The van der Waals surface area contributed by atoms with Crippen LogP contribution in [0.2, 0.25) is 0 Å². The van der Waals surface area contributed by atoms with Crippen LogP contribution in [0.1, 0.15) is 42.8 Å². The van der Waals surface area contributed by atoms with Crippen LogP contribution in [0.15, 0.2) is 42.5 Å². The number of hydrogen-bond donors (Lipinski definition) is 3. The SMILES string of the molecule is COc1ccc(C(=O)Oc2ccc([C@@H](O)CNC(C)(C)C)cc2O)cc1. The zero-order valence-corrected chi connectivity index (χ0v) is 15.4. The van der Waals surface area contributed by atoms with E-state index in [4.69, 9.17) is 9.47 Å². The van der Waals surface area contributed by atoms with Gasteiger partial charge in [0.05, 0.1) is 18.8 Å². The minimum Gasteiger partial charge on any atom is -0.504 e. The fourth-order valence-electron chi connectivity index (χ4n) is 2.23. The Morgan fingerprint density at radius 3 is 2.35 bits per heavy atom. The summed E-state index contributed by atoms with van der Waals surface area (Å²) in [6.07, 6.45) is -0.786. The van der Waals surface area contributed by atoms with E-state index in [0.29, 0.717) is 23.4 Å². The molecule has 0 aliphatic heterocycles. The first-order chi connectivity index (χ1) is 12.2. The van der Waals surface area contributed by atoms with E-state index in [-0.39, 0.29) is 17.0 Å². The maximum atomic E-state index is 12.2. The van der Waals surface area contributed by atoms with Gasteiger partial charge in [0.2, 0.25) is 0 Å². The largest absolute Gasteiger partial charge is 0.504 e. The van der Waals surface area contributed by atoms with Gasteiger partial charge in [0.1, 0.15) is 5.75 Å². The topological polar surface area (TPSA) is 88.0 Å². The van der Waals surface area contributed by atoms with Crippen LogP contribution >= 0.6 is 0 Å². The second-order valence-electron chi connectivity index (χ2n) is 6.99. The number of carbonyl (C=O) groups is 1. The molecule has 0 amide bonds. The molecule has 0 bridgehead atoms. The molecule has 140 valence electrons. The number of hydrogen-bond acceptors (Lipinski definition) is 6. The molecule has 3 N–H and O–H groups in total. The van der Waals surface area contributed by atoms with Gasteiger partial charge in [-0.25, -0.2) is 4.79 Å². The average molecular weight is 359 g/mol. The average Bonchev–Trinajstić information content (AvgIpc) is 2.60. The van der Waals surface area contributed by atoms with Crippen LogP contribution in [-0.2, 0) is 0 Å². The Morgan fingerprint density at radius 1 is 1.15 bits per heavy atom. The van der Waals surface area contributed by atoms with Crippen molar-refractivity contribution in [1.82, 2.24) is 5.32 Å². The molecule has 0 spiro atoms. The molecule has 2 aromatic carbocycles. The molecular formula is C20H25NO5. The van der Waals surface area contributed by atoms with Crippen LogP contribution in [-0.4, -0.2) is 35.4 Å². The van der Waals surface area contributed by atoms with Crippen LogP contribution in [0.4, 0.5) is 0 Å². The third-order valence-electron chi connectivity index (χ3n) is 3.72. The fourth-order valence-corrected chi connectivity index (χ4v) is 2.23. The molecule has 2 rings (SSSR count). The minimum atomic E-state index is -0.786. The lowest BCUT2D eigenvalue weighted by Gasteiger charge is -2.23. The molecule has 0 aromatic heterocycles. The first kappa shape index (κ1) is 19.8. The highest BCUT2D eigenvalue weighted by Crippen LogP contribution is 2.30. The highest BCUT2D eigenvalue weighted by Gasteiger charge is 2.17. The van der Waals surface area contributed by atoms with Crippen molar-refractivity contribution in [2.75, 3.05) is 13.7 Å². The van der Waals surface area contributed by atoms with Crippen LogP contribution in [0, 0.1) is 0 Å². The van der Waals surface area contributed by atoms with Crippen LogP contribution < -0.4 is 14.8 Å². The Kier molecular flexibility index (Phi) is 6.23. The van der Waals surface area contributed by atoms with E-state index in [1.165, 1.54) is 12.1 Å². The lowest BCUT2D eigenvalue weighted by molar-refractivity contribution is 0.0729. The van der Waals surface area contributed by atoms with E-state index in [1.807, 2.05) is 20.8 Å². The number of aliphatic hydroxyl groups excluding tert-OH is 1. The molecule has 26 heavy (non-hydrogen) atoms. The fraction of sp³-hybridized carbons (Fsp3) is 0.350. The van der Waals surface area contributed by atoms with Crippen molar-refractivity contribution in [2.45, 2.75) is 32.4 Å². The van der Waals surface area contributed by atoms with Gasteiger partial charge in [-0.15, -0.1) is 0 Å². The molecule has 6 nitrogen and oxygen atoms in total. The first-order valence-electron chi connectivity index (χ1n) is 8.32. The molecule has 6 heteroatoms. The van der Waals surface area contributed by atoms with E-state index in [9.17, 15) is 15.0 Å². The van der Waals surface area contributed by atoms with Gasteiger partial charge in [-0.3, -0.25) is 0 Å². The molecule has 0 saturated heterocycles. The molecule has 0 fully saturated rings. The lowest BCUT2D eigenvalue weighted by atomic mass is 10.1.